The zero-order valence-corrected chi connectivity index (χ0v) is 20.5. The topological polar surface area (TPSA) is 125 Å². The second kappa shape index (κ2) is 11.3. The van der Waals surface area contributed by atoms with Crippen LogP contribution < -0.4 is 14.8 Å². The first kappa shape index (κ1) is 25.9. The highest BCUT2D eigenvalue weighted by molar-refractivity contribution is 5.96. The van der Waals surface area contributed by atoms with Gasteiger partial charge in [-0.1, -0.05) is 18.9 Å². The molecule has 0 bridgehead atoms. The van der Waals surface area contributed by atoms with Gasteiger partial charge in [-0.2, -0.15) is 0 Å². The van der Waals surface area contributed by atoms with Gasteiger partial charge in [0.2, 0.25) is 11.8 Å². The number of carbonyl (C=O) groups excluding carboxylic acids is 3. The number of aldehydes is 1. The summed E-state index contributed by atoms with van der Waals surface area (Å²) in [6.45, 7) is 3.54. The molecule has 2 aliphatic carbocycles. The van der Waals surface area contributed by atoms with Crippen LogP contribution in [0.3, 0.4) is 0 Å². The molecule has 1 aromatic rings. The van der Waals surface area contributed by atoms with Crippen molar-refractivity contribution < 1.29 is 34.1 Å². The van der Waals surface area contributed by atoms with Gasteiger partial charge in [-0.05, 0) is 37.5 Å². The number of amides is 2. The van der Waals surface area contributed by atoms with Crippen molar-refractivity contribution in [3.63, 3.8) is 0 Å². The summed E-state index contributed by atoms with van der Waals surface area (Å²) < 4.78 is 11.7. The maximum atomic E-state index is 13.4. The van der Waals surface area contributed by atoms with Gasteiger partial charge < -0.3 is 29.9 Å². The predicted octanol–water partition coefficient (Wildman–Crippen LogP) is 1.87. The van der Waals surface area contributed by atoms with Crippen molar-refractivity contribution in [3.8, 4) is 11.5 Å². The summed E-state index contributed by atoms with van der Waals surface area (Å²) in [5, 5.41) is 23.6. The van der Waals surface area contributed by atoms with Gasteiger partial charge in [-0.3, -0.25) is 14.4 Å². The van der Waals surface area contributed by atoms with Crippen molar-refractivity contribution in [1.29, 1.82) is 0 Å². The van der Waals surface area contributed by atoms with E-state index in [2.05, 4.69) is 11.9 Å². The first-order valence-electron chi connectivity index (χ1n) is 12.5. The molecule has 36 heavy (non-hydrogen) atoms. The fourth-order valence-corrected chi connectivity index (χ4v) is 5.68. The molecule has 4 rings (SSSR count). The Labute approximate surface area is 210 Å². The Morgan fingerprint density at radius 2 is 2.06 bits per heavy atom. The van der Waals surface area contributed by atoms with Crippen LogP contribution in [0.25, 0.3) is 0 Å². The number of aliphatic hydroxyl groups is 2. The number of hydrogen-bond donors (Lipinski definition) is 3. The maximum absolute atomic E-state index is 13.4. The number of fused-ring (bicyclic) bond motifs is 3. The molecule has 1 heterocycles. The minimum Gasteiger partial charge on any atom is -0.493 e. The molecule has 0 saturated heterocycles. The zero-order valence-electron chi connectivity index (χ0n) is 20.5. The molecule has 194 valence electrons. The van der Waals surface area contributed by atoms with Crippen LogP contribution in [-0.2, 0) is 9.59 Å². The summed E-state index contributed by atoms with van der Waals surface area (Å²) in [6, 6.07) is 2.37. The molecule has 9 heteroatoms. The Hall–Kier alpha value is -3.17. The van der Waals surface area contributed by atoms with E-state index in [-0.39, 0.29) is 31.5 Å². The van der Waals surface area contributed by atoms with Gasteiger partial charge in [0.05, 0.1) is 25.7 Å². The average Bonchev–Trinajstić information content (AvgIpc) is 3.55. The molecule has 1 saturated carbocycles. The molecule has 1 fully saturated rings. The highest BCUT2D eigenvalue weighted by Gasteiger charge is 2.52. The van der Waals surface area contributed by atoms with Crippen molar-refractivity contribution in [1.82, 2.24) is 10.2 Å². The van der Waals surface area contributed by atoms with Gasteiger partial charge in [-0.25, -0.2) is 0 Å². The van der Waals surface area contributed by atoms with E-state index < -0.39 is 30.1 Å². The predicted molar refractivity (Wildman–Crippen MR) is 132 cm³/mol. The fourth-order valence-electron chi connectivity index (χ4n) is 5.68. The van der Waals surface area contributed by atoms with E-state index in [4.69, 9.17) is 9.47 Å². The van der Waals surface area contributed by atoms with Gasteiger partial charge in [0.1, 0.15) is 18.5 Å². The Morgan fingerprint density at radius 3 is 2.69 bits per heavy atom. The van der Waals surface area contributed by atoms with Crippen LogP contribution >= 0.6 is 0 Å². The second-order valence-corrected chi connectivity index (χ2v) is 9.47. The molecule has 4 unspecified atom stereocenters. The summed E-state index contributed by atoms with van der Waals surface area (Å²) >= 11 is 0. The number of ether oxygens (including phenoxy) is 2. The molecule has 9 nitrogen and oxygen atoms in total. The summed E-state index contributed by atoms with van der Waals surface area (Å²) in [5.74, 6) is -0.506. The second-order valence-electron chi connectivity index (χ2n) is 9.47. The number of rotatable bonds is 10. The number of allylic oxidation sites excluding steroid dienone is 1. The van der Waals surface area contributed by atoms with E-state index in [1.165, 1.54) is 7.11 Å². The molecular formula is C27H34N2O7. The Morgan fingerprint density at radius 1 is 1.31 bits per heavy atom. The number of carbonyl (C=O) groups is 3. The molecule has 4 atom stereocenters. The number of aliphatic hydroxyl groups excluding tert-OH is 2. The molecule has 3 N–H and O–H groups in total. The highest BCUT2D eigenvalue weighted by atomic mass is 16.5. The lowest BCUT2D eigenvalue weighted by molar-refractivity contribution is -0.140. The number of nitrogens with zero attached hydrogens (tertiary/aromatic N) is 1. The monoisotopic (exact) mass is 498 g/mol. The standard InChI is InChI=1S/C27H34N2O7/c1-3-4-9-22(32)29(17-7-5-6-8-17)20-14-19(27(34)28-10-11-30)23-18-12-16(15-31)13-21(35-2)25(18)36-26(23)24(20)33/h3,12-15,17,20,23-24,26,30,33H,1,4-11H2,2H3,(H,28,34). The minimum absolute atomic E-state index is 0.0449. The smallest absolute Gasteiger partial charge is 0.247 e. The summed E-state index contributed by atoms with van der Waals surface area (Å²) in [5.41, 5.74) is 1.25. The van der Waals surface area contributed by atoms with E-state index in [9.17, 15) is 24.6 Å². The van der Waals surface area contributed by atoms with Crippen molar-refractivity contribution in [2.75, 3.05) is 20.3 Å². The van der Waals surface area contributed by atoms with Gasteiger partial charge in [0, 0.05) is 35.7 Å². The molecule has 0 spiro atoms. The third kappa shape index (κ3) is 4.77. The number of benzene rings is 1. The normalized spacial score (nSPS) is 24.7. The molecule has 1 aromatic carbocycles. The van der Waals surface area contributed by atoms with E-state index in [1.807, 2.05) is 0 Å². The number of methoxy groups -OCH3 is 1. The first-order chi connectivity index (χ1) is 17.4. The molecule has 3 aliphatic rings. The van der Waals surface area contributed by atoms with Crippen LogP contribution in [0.4, 0.5) is 0 Å². The average molecular weight is 499 g/mol. The largest absolute Gasteiger partial charge is 0.493 e. The first-order valence-corrected chi connectivity index (χ1v) is 12.5. The van der Waals surface area contributed by atoms with Crippen molar-refractivity contribution in [2.45, 2.75) is 68.7 Å². The van der Waals surface area contributed by atoms with E-state index in [0.717, 1.165) is 25.7 Å². The number of nitrogens with one attached hydrogen (secondary N) is 1. The van der Waals surface area contributed by atoms with Crippen molar-refractivity contribution >= 4 is 18.1 Å². The van der Waals surface area contributed by atoms with Crippen molar-refractivity contribution in [2.24, 2.45) is 0 Å². The van der Waals surface area contributed by atoms with Gasteiger partial charge in [-0.15, -0.1) is 6.58 Å². The number of hydrogen-bond acceptors (Lipinski definition) is 7. The Kier molecular flexibility index (Phi) is 8.11. The minimum atomic E-state index is -1.12. The Bertz CT molecular complexity index is 1050. The van der Waals surface area contributed by atoms with Crippen LogP contribution in [0.2, 0.25) is 0 Å². The SMILES string of the molecule is C=CCCC(=O)N(C1CCCC1)C1C=C(C(=O)NCCO)C2c3cc(C=O)cc(OC)c3OC2C1O. The van der Waals surface area contributed by atoms with Crippen LogP contribution in [0, 0.1) is 0 Å². The van der Waals surface area contributed by atoms with Crippen LogP contribution in [-0.4, -0.2) is 77.8 Å². The highest BCUT2D eigenvalue weighted by Crippen LogP contribution is 2.51. The van der Waals surface area contributed by atoms with Gasteiger partial charge in [0.15, 0.2) is 11.5 Å². The molecule has 1 aliphatic heterocycles. The van der Waals surface area contributed by atoms with Crippen LogP contribution in [0.5, 0.6) is 11.5 Å². The molecule has 0 radical (unpaired) electrons. The molecular weight excluding hydrogens is 464 g/mol. The third-order valence-electron chi connectivity index (χ3n) is 7.30. The van der Waals surface area contributed by atoms with E-state index in [0.29, 0.717) is 40.9 Å². The summed E-state index contributed by atoms with van der Waals surface area (Å²) in [4.78, 5) is 40.0. The zero-order chi connectivity index (χ0) is 25.8. The summed E-state index contributed by atoms with van der Waals surface area (Å²) in [6.07, 6.45) is 6.48. The van der Waals surface area contributed by atoms with Crippen LogP contribution in [0.15, 0.2) is 36.4 Å². The quantitative estimate of drug-likeness (QED) is 0.332. The lowest BCUT2D eigenvalue weighted by Gasteiger charge is -2.43. The van der Waals surface area contributed by atoms with Gasteiger partial charge in [0.25, 0.3) is 0 Å². The van der Waals surface area contributed by atoms with E-state index in [1.54, 1.807) is 29.2 Å². The fraction of sp³-hybridized carbons (Fsp3) is 0.519. The van der Waals surface area contributed by atoms with Gasteiger partial charge >= 0.3 is 0 Å². The van der Waals surface area contributed by atoms with Crippen molar-refractivity contribution in [3.05, 3.63) is 47.6 Å². The lowest BCUT2D eigenvalue weighted by atomic mass is 9.77. The maximum Gasteiger partial charge on any atom is 0.247 e. The molecule has 0 aromatic heterocycles. The van der Waals surface area contributed by atoms with E-state index >= 15 is 0 Å². The lowest BCUT2D eigenvalue weighted by Crippen LogP contribution is -2.58. The van der Waals surface area contributed by atoms with Crippen LogP contribution in [0.1, 0.15) is 60.4 Å². The third-order valence-corrected chi connectivity index (χ3v) is 7.30. The molecule has 2 amide bonds. The summed E-state index contributed by atoms with van der Waals surface area (Å²) in [7, 11) is 1.46. The Balaban J connectivity index is 1.81.